The summed E-state index contributed by atoms with van der Waals surface area (Å²) in [5.74, 6) is -4.89. The third kappa shape index (κ3) is 4.90. The van der Waals surface area contributed by atoms with E-state index in [2.05, 4.69) is 0 Å². The second-order valence-electron chi connectivity index (χ2n) is 6.96. The van der Waals surface area contributed by atoms with Gasteiger partial charge >= 0.3 is 18.2 Å². The lowest BCUT2D eigenvalue weighted by atomic mass is 9.95. The predicted octanol–water partition coefficient (Wildman–Crippen LogP) is 4.53. The lowest BCUT2D eigenvalue weighted by molar-refractivity contribution is -0.281. The number of benzene rings is 2. The zero-order chi connectivity index (χ0) is 23.0. The average Bonchev–Trinajstić information content (AvgIpc) is 2.98. The fourth-order valence-corrected chi connectivity index (χ4v) is 3.49. The summed E-state index contributed by atoms with van der Waals surface area (Å²) in [6, 6.07) is 9.92. The molecule has 0 bridgehead atoms. The van der Waals surface area contributed by atoms with Gasteiger partial charge in [0, 0.05) is 11.4 Å². The van der Waals surface area contributed by atoms with E-state index in [4.69, 9.17) is 16.3 Å². The average molecular weight is 463 g/mol. The van der Waals surface area contributed by atoms with Crippen LogP contribution in [-0.4, -0.2) is 35.2 Å². The van der Waals surface area contributed by atoms with Crippen molar-refractivity contribution in [2.75, 3.05) is 0 Å². The van der Waals surface area contributed by atoms with Crippen molar-refractivity contribution in [3.05, 3.63) is 70.2 Å². The molecule has 0 radical (unpaired) electrons. The van der Waals surface area contributed by atoms with Gasteiger partial charge in [-0.15, -0.1) is 0 Å². The van der Waals surface area contributed by atoms with Crippen molar-refractivity contribution < 1.29 is 41.4 Å². The van der Waals surface area contributed by atoms with E-state index in [9.17, 15) is 36.6 Å². The molecule has 0 aliphatic carbocycles. The fraction of sp³-hybridized carbons (Fsp3) is 0.300. The molecule has 11 heteroatoms. The second-order valence-corrected chi connectivity index (χ2v) is 7.40. The topological polar surface area (TPSA) is 69.7 Å². The van der Waals surface area contributed by atoms with Crippen LogP contribution in [0.15, 0.2) is 48.5 Å². The van der Waals surface area contributed by atoms with E-state index >= 15 is 0 Å². The van der Waals surface area contributed by atoms with Crippen molar-refractivity contribution in [1.29, 1.82) is 0 Å². The highest BCUT2D eigenvalue weighted by atomic mass is 35.5. The van der Waals surface area contributed by atoms with Gasteiger partial charge in [-0.3, -0.25) is 4.90 Å². The number of rotatable bonds is 5. The number of halogens is 6. The first kappa shape index (κ1) is 22.8. The molecule has 31 heavy (non-hydrogen) atoms. The van der Waals surface area contributed by atoms with Crippen LogP contribution in [0.1, 0.15) is 22.8 Å². The van der Waals surface area contributed by atoms with E-state index in [1.165, 1.54) is 18.2 Å². The third-order valence-electron chi connectivity index (χ3n) is 4.79. The largest absolute Gasteiger partial charge is 0.529 e. The highest BCUT2D eigenvalue weighted by Gasteiger charge is 2.57. The minimum Gasteiger partial charge on any atom is -0.529 e. The molecular formula is C20H14ClF5NO4-. The Kier molecular flexibility index (Phi) is 6.13. The Bertz CT molecular complexity index is 980. The molecule has 2 aromatic carbocycles. The summed E-state index contributed by atoms with van der Waals surface area (Å²) in [6.07, 6.45) is -11.2. The van der Waals surface area contributed by atoms with Crippen LogP contribution in [0.2, 0.25) is 5.02 Å². The molecule has 1 heterocycles. The molecule has 1 fully saturated rings. The molecule has 1 aliphatic heterocycles. The Labute approximate surface area is 178 Å². The maximum absolute atomic E-state index is 13.2. The number of imide groups is 1. The summed E-state index contributed by atoms with van der Waals surface area (Å²) >= 11 is 5.94. The third-order valence-corrected chi connectivity index (χ3v) is 5.02. The standard InChI is InChI=1S/C20H15ClF5NO4/c21-14-3-1-2-13(9-14)16-15(27(17(28)29)18(30)31-16)8-11-4-6-12(7-5-11)10-19(22,23)20(24,25)26/h1-7,9,15-16H,8,10H2,(H,28,29)/p-1. The summed E-state index contributed by atoms with van der Waals surface area (Å²) in [5, 5.41) is 11.8. The summed E-state index contributed by atoms with van der Waals surface area (Å²) in [4.78, 5) is 23.9. The summed E-state index contributed by atoms with van der Waals surface area (Å²) in [7, 11) is 0. The van der Waals surface area contributed by atoms with Gasteiger partial charge in [0.1, 0.15) is 6.09 Å². The number of carboxylic acid groups (broad SMARTS) is 1. The van der Waals surface area contributed by atoms with Crippen LogP contribution in [-0.2, 0) is 17.6 Å². The fourth-order valence-electron chi connectivity index (χ4n) is 3.29. The minimum absolute atomic E-state index is 0.0904. The minimum atomic E-state index is -5.67. The van der Waals surface area contributed by atoms with Crippen LogP contribution in [0, 0.1) is 0 Å². The molecule has 1 aliphatic rings. The lowest BCUT2D eigenvalue weighted by Gasteiger charge is -2.25. The first-order valence-electron chi connectivity index (χ1n) is 8.88. The summed E-state index contributed by atoms with van der Waals surface area (Å²) in [5.41, 5.74) is 0.560. The molecule has 166 valence electrons. The number of alkyl halides is 5. The number of carbonyl (C=O) groups excluding carboxylic acids is 2. The van der Waals surface area contributed by atoms with Gasteiger partial charge in [0.25, 0.3) is 0 Å². The molecule has 5 nitrogen and oxygen atoms in total. The quantitative estimate of drug-likeness (QED) is 0.612. The van der Waals surface area contributed by atoms with Crippen LogP contribution >= 0.6 is 11.6 Å². The van der Waals surface area contributed by atoms with Crippen molar-refractivity contribution >= 4 is 23.8 Å². The van der Waals surface area contributed by atoms with Crippen molar-refractivity contribution in [2.45, 2.75) is 37.1 Å². The number of hydrogen-bond donors (Lipinski definition) is 0. The molecule has 0 saturated carbocycles. The molecule has 2 amide bonds. The second kappa shape index (κ2) is 8.33. The first-order chi connectivity index (χ1) is 14.4. The molecule has 2 atom stereocenters. The van der Waals surface area contributed by atoms with Gasteiger partial charge in [-0.1, -0.05) is 48.0 Å². The Morgan fingerprint density at radius 3 is 2.23 bits per heavy atom. The number of nitrogens with zero attached hydrogens (tertiary/aromatic N) is 1. The molecule has 3 rings (SSSR count). The normalized spacial score (nSPS) is 19.4. The maximum Gasteiger partial charge on any atom is 0.453 e. The molecule has 0 N–H and O–H groups in total. The Hall–Kier alpha value is -2.88. The van der Waals surface area contributed by atoms with Crippen LogP contribution in [0.5, 0.6) is 0 Å². The number of hydrogen-bond acceptors (Lipinski definition) is 4. The van der Waals surface area contributed by atoms with Gasteiger partial charge in [0.05, 0.1) is 6.04 Å². The number of carbonyl (C=O) groups is 2. The highest BCUT2D eigenvalue weighted by Crippen LogP contribution is 2.38. The van der Waals surface area contributed by atoms with Gasteiger partial charge in [-0.2, -0.15) is 22.0 Å². The smallest absolute Gasteiger partial charge is 0.453 e. The van der Waals surface area contributed by atoms with Crippen LogP contribution < -0.4 is 5.11 Å². The monoisotopic (exact) mass is 462 g/mol. The molecular weight excluding hydrogens is 449 g/mol. The van der Waals surface area contributed by atoms with Gasteiger partial charge in [-0.25, -0.2) is 4.79 Å². The van der Waals surface area contributed by atoms with Crippen LogP contribution in [0.4, 0.5) is 31.5 Å². The molecule has 0 spiro atoms. The number of amides is 2. The maximum atomic E-state index is 13.2. The molecule has 2 unspecified atom stereocenters. The SMILES string of the molecule is O=C([O-])N1C(=O)OC(c2cccc(Cl)c2)C1Cc1ccc(CC(F)(F)C(F)(F)F)cc1. The van der Waals surface area contributed by atoms with Crippen molar-refractivity contribution in [3.63, 3.8) is 0 Å². The molecule has 2 aromatic rings. The number of cyclic esters (lactones) is 1. The van der Waals surface area contributed by atoms with E-state index in [0.717, 1.165) is 12.1 Å². The predicted molar refractivity (Wildman–Crippen MR) is 96.5 cm³/mol. The first-order valence-corrected chi connectivity index (χ1v) is 9.25. The summed E-state index contributed by atoms with van der Waals surface area (Å²) in [6.45, 7) is 0. The zero-order valence-electron chi connectivity index (χ0n) is 15.5. The van der Waals surface area contributed by atoms with Crippen LogP contribution in [0.3, 0.4) is 0 Å². The highest BCUT2D eigenvalue weighted by molar-refractivity contribution is 6.30. The van der Waals surface area contributed by atoms with E-state index in [-0.39, 0.29) is 12.0 Å². The van der Waals surface area contributed by atoms with Crippen molar-refractivity contribution in [1.82, 2.24) is 4.90 Å². The van der Waals surface area contributed by atoms with Crippen molar-refractivity contribution in [2.24, 2.45) is 0 Å². The summed E-state index contributed by atoms with van der Waals surface area (Å²) < 4.78 is 68.8. The van der Waals surface area contributed by atoms with Gasteiger partial charge in [0.2, 0.25) is 0 Å². The Morgan fingerprint density at radius 1 is 1.06 bits per heavy atom. The number of ether oxygens (including phenoxy) is 1. The molecule has 0 aromatic heterocycles. The van der Waals surface area contributed by atoms with E-state index < -0.39 is 42.9 Å². The van der Waals surface area contributed by atoms with Gasteiger partial charge in [0.15, 0.2) is 6.10 Å². The van der Waals surface area contributed by atoms with E-state index in [1.54, 1.807) is 18.2 Å². The zero-order valence-corrected chi connectivity index (χ0v) is 16.3. The van der Waals surface area contributed by atoms with Gasteiger partial charge < -0.3 is 14.6 Å². The van der Waals surface area contributed by atoms with Gasteiger partial charge in [-0.05, 0) is 35.2 Å². The van der Waals surface area contributed by atoms with E-state index in [0.29, 0.717) is 21.0 Å². The Balaban J connectivity index is 1.84. The lowest BCUT2D eigenvalue weighted by Crippen LogP contribution is -2.47. The van der Waals surface area contributed by atoms with Crippen LogP contribution in [0.25, 0.3) is 0 Å². The van der Waals surface area contributed by atoms with E-state index in [1.807, 2.05) is 0 Å². The van der Waals surface area contributed by atoms with Crippen molar-refractivity contribution in [3.8, 4) is 0 Å². The molecule has 1 saturated heterocycles. The Morgan fingerprint density at radius 2 is 1.68 bits per heavy atom.